The monoisotopic (exact) mass is 410 g/mol. The molecule has 0 radical (unpaired) electrons. The number of methoxy groups -OCH3 is 1. The lowest BCUT2D eigenvalue weighted by Crippen LogP contribution is -2.21. The zero-order valence-corrected chi connectivity index (χ0v) is 17.9. The summed E-state index contributed by atoms with van der Waals surface area (Å²) in [7, 11) is 1.39. The number of carbonyl (C=O) groups is 1. The third-order valence-electron chi connectivity index (χ3n) is 4.48. The molecule has 2 N–H and O–H groups in total. The molecule has 2 aromatic carbocycles. The first-order valence-corrected chi connectivity index (χ1v) is 10.1. The minimum absolute atomic E-state index is 0.388. The molecular weight excluding hydrogens is 388 g/mol. The predicted molar refractivity (Wildman–Crippen MR) is 122 cm³/mol. The molecule has 0 spiro atoms. The summed E-state index contributed by atoms with van der Waals surface area (Å²) >= 11 is 7.01. The molecule has 0 saturated heterocycles. The highest BCUT2D eigenvalue weighted by atomic mass is 32.1. The highest BCUT2D eigenvalue weighted by Crippen LogP contribution is 2.40. The van der Waals surface area contributed by atoms with Crippen LogP contribution < -0.4 is 10.6 Å². The van der Waals surface area contributed by atoms with Crippen LogP contribution in [0.4, 0.5) is 10.7 Å². The van der Waals surface area contributed by atoms with E-state index in [1.54, 1.807) is 0 Å². The SMILES string of the molecule is COC(=O)c1c(NC(=S)Nc2c(C)cccc2C)sc(C)c1-c1ccccc1. The van der Waals surface area contributed by atoms with Crippen LogP contribution in [0.1, 0.15) is 26.4 Å². The number of para-hydroxylation sites is 1. The van der Waals surface area contributed by atoms with Gasteiger partial charge in [-0.1, -0.05) is 48.5 Å². The van der Waals surface area contributed by atoms with E-state index >= 15 is 0 Å². The van der Waals surface area contributed by atoms with Crippen molar-refractivity contribution >= 4 is 45.3 Å². The number of anilines is 2. The Morgan fingerprint density at radius 3 is 2.21 bits per heavy atom. The highest BCUT2D eigenvalue weighted by Gasteiger charge is 2.24. The highest BCUT2D eigenvalue weighted by molar-refractivity contribution is 7.80. The Bertz CT molecular complexity index is 1010. The number of thiophene rings is 1. The van der Waals surface area contributed by atoms with Gasteiger partial charge >= 0.3 is 5.97 Å². The number of hydrogen-bond donors (Lipinski definition) is 2. The number of esters is 1. The summed E-state index contributed by atoms with van der Waals surface area (Å²) in [5.74, 6) is -0.388. The zero-order chi connectivity index (χ0) is 20.3. The van der Waals surface area contributed by atoms with Gasteiger partial charge < -0.3 is 15.4 Å². The summed E-state index contributed by atoms with van der Waals surface area (Å²) in [6, 6.07) is 15.9. The van der Waals surface area contributed by atoms with Gasteiger partial charge in [0, 0.05) is 16.1 Å². The molecule has 144 valence electrons. The Morgan fingerprint density at radius 2 is 1.61 bits per heavy atom. The van der Waals surface area contributed by atoms with E-state index in [9.17, 15) is 4.79 Å². The Kier molecular flexibility index (Phi) is 6.11. The lowest BCUT2D eigenvalue weighted by Gasteiger charge is -2.15. The molecule has 0 bridgehead atoms. The van der Waals surface area contributed by atoms with Gasteiger partial charge in [0.25, 0.3) is 0 Å². The number of ether oxygens (including phenoxy) is 1. The lowest BCUT2D eigenvalue weighted by atomic mass is 10.0. The predicted octanol–water partition coefficient (Wildman–Crippen LogP) is 5.94. The van der Waals surface area contributed by atoms with E-state index in [0.717, 1.165) is 32.8 Å². The van der Waals surface area contributed by atoms with Crippen molar-refractivity contribution in [3.8, 4) is 11.1 Å². The van der Waals surface area contributed by atoms with Crippen LogP contribution in [0.25, 0.3) is 11.1 Å². The maximum atomic E-state index is 12.6. The fraction of sp³-hybridized carbons (Fsp3) is 0.182. The van der Waals surface area contributed by atoms with Crippen LogP contribution in [-0.2, 0) is 4.74 Å². The third-order valence-corrected chi connectivity index (χ3v) is 5.71. The lowest BCUT2D eigenvalue weighted by molar-refractivity contribution is 0.0603. The molecule has 0 aliphatic rings. The molecule has 28 heavy (non-hydrogen) atoms. The average molecular weight is 411 g/mol. The number of benzene rings is 2. The number of thiocarbonyl (C=S) groups is 1. The van der Waals surface area contributed by atoms with E-state index in [0.29, 0.717) is 15.7 Å². The molecule has 0 amide bonds. The van der Waals surface area contributed by atoms with E-state index in [4.69, 9.17) is 17.0 Å². The fourth-order valence-corrected chi connectivity index (χ4v) is 4.48. The van der Waals surface area contributed by atoms with Gasteiger partial charge in [-0.15, -0.1) is 11.3 Å². The second kappa shape index (κ2) is 8.54. The molecule has 1 aromatic heterocycles. The smallest absolute Gasteiger partial charge is 0.341 e. The van der Waals surface area contributed by atoms with E-state index < -0.39 is 0 Å². The maximum Gasteiger partial charge on any atom is 0.341 e. The van der Waals surface area contributed by atoms with Crippen LogP contribution in [-0.4, -0.2) is 18.2 Å². The van der Waals surface area contributed by atoms with Gasteiger partial charge in [-0.2, -0.15) is 0 Å². The Balaban J connectivity index is 1.96. The Labute approximate surface area is 174 Å². The second-order valence-corrected chi connectivity index (χ2v) is 8.07. The Morgan fingerprint density at radius 1 is 0.964 bits per heavy atom. The van der Waals surface area contributed by atoms with Crippen molar-refractivity contribution in [3.63, 3.8) is 0 Å². The van der Waals surface area contributed by atoms with Crippen LogP contribution in [0.15, 0.2) is 48.5 Å². The molecule has 3 aromatic rings. The van der Waals surface area contributed by atoms with E-state index in [1.807, 2.05) is 69.3 Å². The van der Waals surface area contributed by atoms with Crippen molar-refractivity contribution in [3.05, 3.63) is 70.1 Å². The molecule has 0 saturated carbocycles. The van der Waals surface area contributed by atoms with Gasteiger partial charge in [-0.05, 0) is 49.7 Å². The molecule has 0 unspecified atom stereocenters. The summed E-state index contributed by atoms with van der Waals surface area (Å²) in [5, 5.41) is 7.56. The van der Waals surface area contributed by atoms with Gasteiger partial charge in [0.2, 0.25) is 0 Å². The molecule has 0 atom stereocenters. The number of nitrogens with one attached hydrogen (secondary N) is 2. The number of hydrogen-bond acceptors (Lipinski definition) is 4. The van der Waals surface area contributed by atoms with Crippen molar-refractivity contribution in [1.29, 1.82) is 0 Å². The fourth-order valence-electron chi connectivity index (χ4n) is 3.14. The normalized spacial score (nSPS) is 10.4. The Hall–Kier alpha value is -2.70. The van der Waals surface area contributed by atoms with Gasteiger partial charge in [0.1, 0.15) is 10.6 Å². The van der Waals surface area contributed by atoms with Crippen LogP contribution in [0, 0.1) is 20.8 Å². The standard InChI is InChI=1S/C22H22N2O2S2/c1-13-9-8-10-14(2)19(13)23-22(27)24-20-18(21(25)26-4)17(15(3)28-20)16-11-6-5-7-12-16/h5-12H,1-4H3,(H2,23,24,27). The molecule has 0 aliphatic carbocycles. The number of rotatable bonds is 4. The van der Waals surface area contributed by atoms with Gasteiger partial charge in [0.05, 0.1) is 7.11 Å². The summed E-state index contributed by atoms with van der Waals surface area (Å²) in [6.45, 7) is 6.05. The first-order valence-electron chi connectivity index (χ1n) is 8.83. The van der Waals surface area contributed by atoms with Crippen LogP contribution in [0.2, 0.25) is 0 Å². The van der Waals surface area contributed by atoms with Crippen molar-refractivity contribution in [2.75, 3.05) is 17.7 Å². The van der Waals surface area contributed by atoms with Crippen molar-refractivity contribution in [2.24, 2.45) is 0 Å². The average Bonchev–Trinajstić information content (AvgIpc) is 3.00. The third kappa shape index (κ3) is 4.08. The van der Waals surface area contributed by atoms with Crippen LogP contribution in [0.5, 0.6) is 0 Å². The molecule has 0 aliphatic heterocycles. The second-order valence-electron chi connectivity index (χ2n) is 6.44. The van der Waals surface area contributed by atoms with Gasteiger partial charge in [-0.25, -0.2) is 4.79 Å². The van der Waals surface area contributed by atoms with Crippen LogP contribution >= 0.6 is 23.6 Å². The summed E-state index contributed by atoms with van der Waals surface area (Å²) < 4.78 is 5.05. The largest absolute Gasteiger partial charge is 0.465 e. The number of aryl methyl sites for hydroxylation is 3. The minimum Gasteiger partial charge on any atom is -0.465 e. The first-order chi connectivity index (χ1) is 13.4. The molecule has 1 heterocycles. The quantitative estimate of drug-likeness (QED) is 0.412. The van der Waals surface area contributed by atoms with E-state index in [1.165, 1.54) is 18.4 Å². The minimum atomic E-state index is -0.388. The molecule has 0 fully saturated rings. The molecular formula is C22H22N2O2S2. The van der Waals surface area contributed by atoms with E-state index in [2.05, 4.69) is 10.6 Å². The first kappa shape index (κ1) is 20.0. The van der Waals surface area contributed by atoms with Crippen molar-refractivity contribution < 1.29 is 9.53 Å². The van der Waals surface area contributed by atoms with Gasteiger partial charge in [-0.3, -0.25) is 0 Å². The molecule has 3 rings (SSSR count). The molecule has 4 nitrogen and oxygen atoms in total. The van der Waals surface area contributed by atoms with Crippen LogP contribution in [0.3, 0.4) is 0 Å². The summed E-state index contributed by atoms with van der Waals surface area (Å²) in [4.78, 5) is 13.6. The van der Waals surface area contributed by atoms with Gasteiger partial charge in [0.15, 0.2) is 5.11 Å². The molecule has 6 heteroatoms. The summed E-state index contributed by atoms with van der Waals surface area (Å²) in [6.07, 6.45) is 0. The zero-order valence-electron chi connectivity index (χ0n) is 16.3. The topological polar surface area (TPSA) is 50.4 Å². The number of carbonyl (C=O) groups excluding carboxylic acids is 1. The maximum absolute atomic E-state index is 12.6. The van der Waals surface area contributed by atoms with Crippen molar-refractivity contribution in [2.45, 2.75) is 20.8 Å². The van der Waals surface area contributed by atoms with E-state index in [-0.39, 0.29) is 5.97 Å². The summed E-state index contributed by atoms with van der Waals surface area (Å²) in [5.41, 5.74) is 5.51. The van der Waals surface area contributed by atoms with Crippen molar-refractivity contribution in [1.82, 2.24) is 0 Å².